The lowest BCUT2D eigenvalue weighted by Crippen LogP contribution is -2.35. The molecule has 1 aromatic rings. The zero-order valence-corrected chi connectivity index (χ0v) is 10.8. The van der Waals surface area contributed by atoms with Gasteiger partial charge in [0.1, 0.15) is 5.75 Å². The fourth-order valence-corrected chi connectivity index (χ4v) is 1.76. The zero-order chi connectivity index (χ0) is 13.1. The van der Waals surface area contributed by atoms with E-state index in [1.807, 2.05) is 18.2 Å². The van der Waals surface area contributed by atoms with Crippen molar-refractivity contribution in [2.24, 2.45) is 11.7 Å². The van der Waals surface area contributed by atoms with Gasteiger partial charge >= 0.3 is 0 Å². The number of anilines is 2. The average molecular weight is 249 g/mol. The molecular formula is C13H19N3O2. The third-order valence-corrected chi connectivity index (χ3v) is 3.10. The van der Waals surface area contributed by atoms with E-state index in [9.17, 15) is 4.79 Å². The maximum Gasteiger partial charge on any atom is 0.264 e. The molecule has 0 spiro atoms. The molecule has 1 aromatic carbocycles. The minimum atomic E-state index is -0.0324. The smallest absolute Gasteiger partial charge is 0.264 e. The van der Waals surface area contributed by atoms with Gasteiger partial charge in [-0.25, -0.2) is 0 Å². The molecule has 2 rings (SSSR count). The predicted octanol–water partition coefficient (Wildman–Crippen LogP) is 1.05. The second-order valence-corrected chi connectivity index (χ2v) is 4.65. The van der Waals surface area contributed by atoms with Gasteiger partial charge in [0.2, 0.25) is 0 Å². The van der Waals surface area contributed by atoms with E-state index in [2.05, 4.69) is 12.2 Å². The summed E-state index contributed by atoms with van der Waals surface area (Å²) in [6.45, 7) is 3.66. The summed E-state index contributed by atoms with van der Waals surface area (Å²) in [5, 5.41) is 3.31. The van der Waals surface area contributed by atoms with Gasteiger partial charge in [-0.1, -0.05) is 6.92 Å². The fraction of sp³-hybridized carbons (Fsp3) is 0.462. The van der Waals surface area contributed by atoms with E-state index in [-0.39, 0.29) is 12.5 Å². The van der Waals surface area contributed by atoms with Crippen LogP contribution < -0.4 is 20.7 Å². The third-order valence-electron chi connectivity index (χ3n) is 3.10. The van der Waals surface area contributed by atoms with E-state index in [0.29, 0.717) is 12.5 Å². The van der Waals surface area contributed by atoms with E-state index in [1.54, 1.807) is 11.9 Å². The van der Waals surface area contributed by atoms with Crippen molar-refractivity contribution in [3.8, 4) is 5.75 Å². The first-order valence-electron chi connectivity index (χ1n) is 6.09. The highest BCUT2D eigenvalue weighted by molar-refractivity contribution is 5.97. The minimum Gasteiger partial charge on any atom is -0.482 e. The third kappa shape index (κ3) is 2.56. The van der Waals surface area contributed by atoms with Gasteiger partial charge in [0.25, 0.3) is 5.91 Å². The van der Waals surface area contributed by atoms with Crippen molar-refractivity contribution in [3.05, 3.63) is 18.2 Å². The van der Waals surface area contributed by atoms with Gasteiger partial charge in [-0.3, -0.25) is 4.79 Å². The van der Waals surface area contributed by atoms with Crippen LogP contribution in [0.3, 0.4) is 0 Å². The quantitative estimate of drug-likeness (QED) is 0.837. The van der Waals surface area contributed by atoms with Gasteiger partial charge in [-0.05, 0) is 30.7 Å². The Labute approximate surface area is 107 Å². The Balaban J connectivity index is 2.13. The van der Waals surface area contributed by atoms with Crippen LogP contribution in [0.4, 0.5) is 11.4 Å². The fourth-order valence-electron chi connectivity index (χ4n) is 1.76. The Bertz CT molecular complexity index is 448. The maximum absolute atomic E-state index is 11.5. The monoisotopic (exact) mass is 249 g/mol. The summed E-state index contributed by atoms with van der Waals surface area (Å²) < 4.78 is 5.37. The Kier molecular flexibility index (Phi) is 3.72. The highest BCUT2D eigenvalue weighted by atomic mass is 16.5. The van der Waals surface area contributed by atoms with Crippen molar-refractivity contribution in [1.29, 1.82) is 0 Å². The largest absolute Gasteiger partial charge is 0.482 e. The number of nitrogens with two attached hydrogens (primary N) is 1. The summed E-state index contributed by atoms with van der Waals surface area (Å²) in [4.78, 5) is 13.2. The minimum absolute atomic E-state index is 0.0324. The number of hydrogen-bond acceptors (Lipinski definition) is 4. The van der Waals surface area contributed by atoms with Crippen molar-refractivity contribution in [1.82, 2.24) is 0 Å². The summed E-state index contributed by atoms with van der Waals surface area (Å²) in [6, 6.07) is 5.76. The van der Waals surface area contributed by atoms with Crippen molar-refractivity contribution in [2.45, 2.75) is 6.92 Å². The van der Waals surface area contributed by atoms with Gasteiger partial charge < -0.3 is 20.7 Å². The molecule has 1 atom stereocenters. The number of hydrogen-bond donors (Lipinski definition) is 2. The Morgan fingerprint density at radius 3 is 3.06 bits per heavy atom. The predicted molar refractivity (Wildman–Crippen MR) is 72.1 cm³/mol. The lowest BCUT2D eigenvalue weighted by atomic mass is 10.1. The van der Waals surface area contributed by atoms with Gasteiger partial charge in [0.15, 0.2) is 6.61 Å². The lowest BCUT2D eigenvalue weighted by molar-refractivity contribution is -0.120. The van der Waals surface area contributed by atoms with Crippen LogP contribution >= 0.6 is 0 Å². The van der Waals surface area contributed by atoms with Crippen LogP contribution in [0.1, 0.15) is 6.92 Å². The molecule has 18 heavy (non-hydrogen) atoms. The van der Waals surface area contributed by atoms with Crippen molar-refractivity contribution >= 4 is 17.3 Å². The molecule has 0 fully saturated rings. The molecule has 1 heterocycles. The molecule has 0 aromatic heterocycles. The first kappa shape index (κ1) is 12.7. The Morgan fingerprint density at radius 2 is 2.33 bits per heavy atom. The second-order valence-electron chi connectivity index (χ2n) is 4.65. The van der Waals surface area contributed by atoms with E-state index < -0.39 is 0 Å². The van der Waals surface area contributed by atoms with Crippen molar-refractivity contribution in [2.75, 3.05) is 37.0 Å². The average Bonchev–Trinajstić information content (AvgIpc) is 2.40. The number of likely N-dealkylation sites (N-methyl/N-ethyl adjacent to an activating group) is 1. The topological polar surface area (TPSA) is 67.6 Å². The van der Waals surface area contributed by atoms with Crippen LogP contribution in [0.2, 0.25) is 0 Å². The zero-order valence-electron chi connectivity index (χ0n) is 10.8. The van der Waals surface area contributed by atoms with E-state index >= 15 is 0 Å². The van der Waals surface area contributed by atoms with Gasteiger partial charge in [0, 0.05) is 19.3 Å². The molecule has 0 bridgehead atoms. The molecular weight excluding hydrogens is 230 g/mol. The van der Waals surface area contributed by atoms with Crippen LogP contribution in [0.15, 0.2) is 18.2 Å². The van der Waals surface area contributed by atoms with Crippen molar-refractivity contribution in [3.63, 3.8) is 0 Å². The van der Waals surface area contributed by atoms with Crippen LogP contribution in [0.25, 0.3) is 0 Å². The molecule has 5 heteroatoms. The van der Waals surface area contributed by atoms with Gasteiger partial charge in [-0.2, -0.15) is 0 Å². The highest BCUT2D eigenvalue weighted by Crippen LogP contribution is 2.33. The summed E-state index contributed by atoms with van der Waals surface area (Å²) in [7, 11) is 1.76. The number of amides is 1. The second kappa shape index (κ2) is 5.27. The number of carbonyl (C=O) groups excluding carboxylic acids is 1. The number of nitrogens with one attached hydrogen (secondary N) is 1. The van der Waals surface area contributed by atoms with Gasteiger partial charge in [-0.15, -0.1) is 0 Å². The molecule has 98 valence electrons. The first-order valence-corrected chi connectivity index (χ1v) is 6.09. The lowest BCUT2D eigenvalue weighted by Gasteiger charge is -2.26. The van der Waals surface area contributed by atoms with Gasteiger partial charge in [0.05, 0.1) is 5.69 Å². The van der Waals surface area contributed by atoms with E-state index in [4.69, 9.17) is 10.5 Å². The molecule has 3 N–H and O–H groups in total. The van der Waals surface area contributed by atoms with Crippen LogP contribution in [-0.4, -0.2) is 32.7 Å². The van der Waals surface area contributed by atoms with E-state index in [0.717, 1.165) is 23.7 Å². The van der Waals surface area contributed by atoms with E-state index in [1.165, 1.54) is 0 Å². The molecule has 1 unspecified atom stereocenters. The maximum atomic E-state index is 11.5. The molecule has 0 aliphatic carbocycles. The number of rotatable bonds is 4. The molecule has 5 nitrogen and oxygen atoms in total. The van der Waals surface area contributed by atoms with Crippen LogP contribution in [-0.2, 0) is 4.79 Å². The summed E-state index contributed by atoms with van der Waals surface area (Å²) in [5.74, 6) is 1.13. The molecule has 1 aliphatic rings. The number of benzene rings is 1. The number of ether oxygens (including phenoxy) is 1. The molecule has 1 amide bonds. The normalized spacial score (nSPS) is 15.9. The van der Waals surface area contributed by atoms with Crippen molar-refractivity contribution < 1.29 is 9.53 Å². The summed E-state index contributed by atoms with van der Waals surface area (Å²) >= 11 is 0. The molecule has 0 radical (unpaired) electrons. The Morgan fingerprint density at radius 1 is 1.56 bits per heavy atom. The highest BCUT2D eigenvalue weighted by Gasteiger charge is 2.22. The first-order chi connectivity index (χ1) is 8.61. The standard InChI is InChI=1S/C13H19N3O2/c1-9(6-14)7-15-10-3-4-12-11(5-10)16(2)13(17)8-18-12/h3-5,9,15H,6-8,14H2,1-2H3. The van der Waals surface area contributed by atoms with Crippen LogP contribution in [0.5, 0.6) is 5.75 Å². The molecule has 0 saturated heterocycles. The molecule has 0 saturated carbocycles. The van der Waals surface area contributed by atoms with Crippen LogP contribution in [0, 0.1) is 5.92 Å². The summed E-state index contributed by atoms with van der Waals surface area (Å²) in [6.07, 6.45) is 0. The molecule has 1 aliphatic heterocycles. The summed E-state index contributed by atoms with van der Waals surface area (Å²) in [5.41, 5.74) is 7.35. The SMILES string of the molecule is CC(CN)CNc1ccc2c(c1)N(C)C(=O)CO2. The number of carbonyl (C=O) groups is 1. The Hall–Kier alpha value is -1.75. The number of nitrogens with zero attached hydrogens (tertiary/aromatic N) is 1. The number of fused-ring (bicyclic) bond motifs is 1.